The molecule has 0 spiro atoms. The smallest absolute Gasteiger partial charge is 0.209 e. The second-order valence-electron chi connectivity index (χ2n) is 5.70. The van der Waals surface area contributed by atoms with Gasteiger partial charge in [-0.25, -0.2) is 13.6 Å². The highest BCUT2D eigenvalue weighted by Crippen LogP contribution is 2.26. The molecule has 1 unspecified atom stereocenters. The van der Waals surface area contributed by atoms with Crippen molar-refractivity contribution < 1.29 is 13.2 Å². The van der Waals surface area contributed by atoms with Gasteiger partial charge in [0.15, 0.2) is 0 Å². The SMILES string of the molecule is CCCC(COC1CCC(C)CC1)CS(N)(=O)=O. The summed E-state index contributed by atoms with van der Waals surface area (Å²) in [6, 6.07) is 0. The molecule has 1 atom stereocenters. The molecule has 2 N–H and O–H groups in total. The highest BCUT2D eigenvalue weighted by atomic mass is 32.2. The summed E-state index contributed by atoms with van der Waals surface area (Å²) in [6.07, 6.45) is 6.80. The molecule has 1 rings (SSSR count). The third-order valence-corrected chi connectivity index (χ3v) is 4.63. The van der Waals surface area contributed by atoms with E-state index >= 15 is 0 Å². The predicted molar refractivity (Wildman–Crippen MR) is 73.7 cm³/mol. The molecule has 1 aliphatic rings. The van der Waals surface area contributed by atoms with Crippen LogP contribution in [0.4, 0.5) is 0 Å². The Morgan fingerprint density at radius 1 is 1.28 bits per heavy atom. The lowest BCUT2D eigenvalue weighted by molar-refractivity contribution is 0.00262. The second-order valence-corrected chi connectivity index (χ2v) is 7.36. The molecule has 4 nitrogen and oxygen atoms in total. The van der Waals surface area contributed by atoms with Crippen LogP contribution in [-0.4, -0.2) is 26.9 Å². The van der Waals surface area contributed by atoms with E-state index in [9.17, 15) is 8.42 Å². The van der Waals surface area contributed by atoms with Gasteiger partial charge in [-0.1, -0.05) is 20.3 Å². The van der Waals surface area contributed by atoms with Crippen LogP contribution >= 0.6 is 0 Å². The van der Waals surface area contributed by atoms with Crippen LogP contribution in [0, 0.1) is 11.8 Å². The van der Waals surface area contributed by atoms with E-state index in [1.54, 1.807) is 0 Å². The van der Waals surface area contributed by atoms with Crippen LogP contribution in [0.15, 0.2) is 0 Å². The van der Waals surface area contributed by atoms with Gasteiger partial charge in [0, 0.05) is 0 Å². The van der Waals surface area contributed by atoms with Crippen molar-refractivity contribution in [3.8, 4) is 0 Å². The van der Waals surface area contributed by atoms with Gasteiger partial charge in [0.25, 0.3) is 0 Å². The van der Waals surface area contributed by atoms with Gasteiger partial charge in [0.05, 0.1) is 18.5 Å². The molecule has 0 aromatic rings. The van der Waals surface area contributed by atoms with Crippen molar-refractivity contribution >= 4 is 10.0 Å². The molecule has 0 saturated heterocycles. The van der Waals surface area contributed by atoms with E-state index in [2.05, 4.69) is 13.8 Å². The molecule has 0 aromatic carbocycles. The lowest BCUT2D eigenvalue weighted by Crippen LogP contribution is -2.29. The van der Waals surface area contributed by atoms with Crippen molar-refractivity contribution in [2.45, 2.75) is 58.5 Å². The first-order chi connectivity index (χ1) is 8.40. The normalized spacial score (nSPS) is 27.1. The van der Waals surface area contributed by atoms with Gasteiger partial charge in [0.2, 0.25) is 10.0 Å². The van der Waals surface area contributed by atoms with E-state index in [4.69, 9.17) is 9.88 Å². The Bertz CT molecular complexity index is 321. The topological polar surface area (TPSA) is 69.4 Å². The molecule has 0 amide bonds. The number of hydrogen-bond acceptors (Lipinski definition) is 3. The summed E-state index contributed by atoms with van der Waals surface area (Å²) in [6.45, 7) is 4.86. The van der Waals surface area contributed by atoms with Crippen molar-refractivity contribution in [3.63, 3.8) is 0 Å². The van der Waals surface area contributed by atoms with Crippen LogP contribution in [0.3, 0.4) is 0 Å². The Kier molecular flexibility index (Phi) is 6.60. The van der Waals surface area contributed by atoms with Crippen molar-refractivity contribution in [2.75, 3.05) is 12.4 Å². The minimum atomic E-state index is -3.39. The molecule has 0 radical (unpaired) electrons. The Morgan fingerprint density at radius 3 is 2.39 bits per heavy atom. The summed E-state index contributed by atoms with van der Waals surface area (Å²) in [5.41, 5.74) is 0. The Balaban J connectivity index is 2.33. The predicted octanol–water partition coefficient (Wildman–Crippen LogP) is 2.29. The van der Waals surface area contributed by atoms with Crippen molar-refractivity contribution in [1.29, 1.82) is 0 Å². The summed E-state index contributed by atoms with van der Waals surface area (Å²) in [5, 5.41) is 5.11. The molecular formula is C13H27NO3S. The summed E-state index contributed by atoms with van der Waals surface area (Å²) >= 11 is 0. The van der Waals surface area contributed by atoms with Gasteiger partial charge < -0.3 is 4.74 Å². The van der Waals surface area contributed by atoms with Crippen LogP contribution in [-0.2, 0) is 14.8 Å². The van der Waals surface area contributed by atoms with Gasteiger partial charge in [0.1, 0.15) is 0 Å². The number of rotatable bonds is 7. The van der Waals surface area contributed by atoms with E-state index < -0.39 is 10.0 Å². The molecule has 108 valence electrons. The summed E-state index contributed by atoms with van der Waals surface area (Å²) in [4.78, 5) is 0. The fraction of sp³-hybridized carbons (Fsp3) is 1.00. The van der Waals surface area contributed by atoms with Crippen LogP contribution in [0.2, 0.25) is 0 Å². The third-order valence-electron chi connectivity index (χ3n) is 3.70. The Labute approximate surface area is 111 Å². The maximum absolute atomic E-state index is 11.1. The van der Waals surface area contributed by atoms with Crippen molar-refractivity contribution in [1.82, 2.24) is 0 Å². The van der Waals surface area contributed by atoms with Crippen LogP contribution in [0.1, 0.15) is 52.4 Å². The van der Waals surface area contributed by atoms with Gasteiger partial charge in [-0.2, -0.15) is 0 Å². The molecular weight excluding hydrogens is 250 g/mol. The Morgan fingerprint density at radius 2 is 1.89 bits per heavy atom. The van der Waals surface area contributed by atoms with Crippen molar-refractivity contribution in [2.24, 2.45) is 17.0 Å². The van der Waals surface area contributed by atoms with Gasteiger partial charge in [-0.15, -0.1) is 0 Å². The first kappa shape index (κ1) is 15.9. The highest BCUT2D eigenvalue weighted by Gasteiger charge is 2.21. The second kappa shape index (κ2) is 7.46. The quantitative estimate of drug-likeness (QED) is 0.776. The van der Waals surface area contributed by atoms with Crippen LogP contribution in [0.5, 0.6) is 0 Å². The largest absolute Gasteiger partial charge is 0.378 e. The van der Waals surface area contributed by atoms with Crippen LogP contribution in [0.25, 0.3) is 0 Å². The minimum Gasteiger partial charge on any atom is -0.378 e. The zero-order valence-electron chi connectivity index (χ0n) is 11.6. The third kappa shape index (κ3) is 6.71. The first-order valence-electron chi connectivity index (χ1n) is 7.02. The Hall–Kier alpha value is -0.130. The zero-order chi connectivity index (χ0) is 13.6. The van der Waals surface area contributed by atoms with Gasteiger partial charge in [-0.3, -0.25) is 0 Å². The van der Waals surface area contributed by atoms with Crippen LogP contribution < -0.4 is 5.14 Å². The molecule has 0 aromatic heterocycles. The molecule has 18 heavy (non-hydrogen) atoms. The average molecular weight is 277 g/mol. The van der Waals surface area contributed by atoms with Crippen molar-refractivity contribution in [3.05, 3.63) is 0 Å². The average Bonchev–Trinajstić information content (AvgIpc) is 2.26. The molecule has 0 aliphatic heterocycles. The monoisotopic (exact) mass is 277 g/mol. The molecule has 1 aliphatic carbocycles. The van der Waals surface area contributed by atoms with E-state index in [1.807, 2.05) is 0 Å². The van der Waals surface area contributed by atoms with E-state index in [0.717, 1.165) is 31.6 Å². The number of ether oxygens (including phenoxy) is 1. The molecule has 0 bridgehead atoms. The van der Waals surface area contributed by atoms with E-state index in [1.165, 1.54) is 12.8 Å². The standard InChI is InChI=1S/C13H27NO3S/c1-3-4-12(10-18(14,15)16)9-17-13-7-5-11(2)6-8-13/h11-13H,3-10H2,1-2H3,(H2,14,15,16). The molecule has 0 heterocycles. The van der Waals surface area contributed by atoms with Gasteiger partial charge in [-0.05, 0) is 43.9 Å². The lowest BCUT2D eigenvalue weighted by atomic mass is 9.89. The maximum atomic E-state index is 11.1. The van der Waals surface area contributed by atoms with Gasteiger partial charge >= 0.3 is 0 Å². The van der Waals surface area contributed by atoms with E-state index in [-0.39, 0.29) is 11.7 Å². The number of nitrogens with two attached hydrogens (primary N) is 1. The lowest BCUT2D eigenvalue weighted by Gasteiger charge is -2.27. The number of primary sulfonamides is 1. The molecule has 1 saturated carbocycles. The maximum Gasteiger partial charge on any atom is 0.209 e. The minimum absolute atomic E-state index is 0.0456. The fourth-order valence-electron chi connectivity index (χ4n) is 2.62. The highest BCUT2D eigenvalue weighted by molar-refractivity contribution is 7.89. The first-order valence-corrected chi connectivity index (χ1v) is 8.74. The molecule has 1 fully saturated rings. The number of sulfonamides is 1. The fourth-order valence-corrected chi connectivity index (χ4v) is 3.54. The molecule has 5 heteroatoms. The zero-order valence-corrected chi connectivity index (χ0v) is 12.4. The summed E-state index contributed by atoms with van der Waals surface area (Å²) in [5.74, 6) is 0.898. The van der Waals surface area contributed by atoms with E-state index in [0.29, 0.717) is 12.7 Å². The summed E-state index contributed by atoms with van der Waals surface area (Å²) < 4.78 is 28.1. The summed E-state index contributed by atoms with van der Waals surface area (Å²) in [7, 11) is -3.39. The number of hydrogen-bond donors (Lipinski definition) is 1.